The minimum absolute atomic E-state index is 0.337. The Labute approximate surface area is 156 Å². The molecule has 0 aliphatic carbocycles. The molecule has 1 atom stereocenters. The normalized spacial score (nSPS) is 12.6. The number of ether oxygens (including phenoxy) is 2. The lowest BCUT2D eigenvalue weighted by Gasteiger charge is -2.36. The molecular weight excluding hydrogens is 326 g/mol. The average molecular weight is 357 g/mol. The molecule has 2 aromatic carbocycles. The smallest absolute Gasteiger partial charge is 0.129 e. The molecule has 2 aromatic rings. The van der Waals surface area contributed by atoms with Crippen LogP contribution in [0.1, 0.15) is 34.6 Å². The number of nitrogens with two attached hydrogens (primary N) is 2. The maximum atomic E-state index is 5.96. The number of hydrogen-bond donors (Lipinski definition) is 2. The van der Waals surface area contributed by atoms with E-state index >= 15 is 0 Å². The van der Waals surface area contributed by atoms with Gasteiger partial charge in [-0.05, 0) is 71.0 Å². The fourth-order valence-corrected chi connectivity index (χ4v) is 3.27. The van der Waals surface area contributed by atoms with Crippen molar-refractivity contribution in [2.45, 2.75) is 52.7 Å². The molecule has 5 heteroatoms. The van der Waals surface area contributed by atoms with E-state index in [9.17, 15) is 0 Å². The molecule has 0 aromatic heterocycles. The molecule has 142 valence electrons. The number of anilines is 2. The minimum atomic E-state index is 0.337. The van der Waals surface area contributed by atoms with E-state index in [1.807, 2.05) is 24.3 Å². The summed E-state index contributed by atoms with van der Waals surface area (Å²) in [4.78, 5) is 2.45. The second-order valence-corrected chi connectivity index (χ2v) is 7.16. The summed E-state index contributed by atoms with van der Waals surface area (Å²) in [6, 6.07) is 14.1. The fourth-order valence-electron chi connectivity index (χ4n) is 3.27. The molecule has 0 bridgehead atoms. The molecule has 0 saturated heterocycles. The van der Waals surface area contributed by atoms with Crippen LogP contribution in [0.4, 0.5) is 11.4 Å². The summed E-state index contributed by atoms with van der Waals surface area (Å²) in [7, 11) is 0. The number of hydrogen-bond acceptors (Lipinski definition) is 5. The lowest BCUT2D eigenvalue weighted by atomic mass is 10.1. The number of nitrogens with zero attached hydrogens (tertiary/aromatic N) is 1. The van der Waals surface area contributed by atoms with Crippen LogP contribution in [0.2, 0.25) is 0 Å². The third kappa shape index (κ3) is 5.30. The Bertz CT molecular complexity index is 691. The van der Waals surface area contributed by atoms with Crippen molar-refractivity contribution in [1.29, 1.82) is 0 Å². The Morgan fingerprint density at radius 1 is 0.769 bits per heavy atom. The Morgan fingerprint density at radius 3 is 1.85 bits per heavy atom. The van der Waals surface area contributed by atoms with Crippen LogP contribution in [0.15, 0.2) is 42.5 Å². The van der Waals surface area contributed by atoms with Gasteiger partial charge < -0.3 is 20.9 Å². The van der Waals surface area contributed by atoms with E-state index in [0.717, 1.165) is 11.5 Å². The summed E-state index contributed by atoms with van der Waals surface area (Å²) in [6.45, 7) is 11.7. The topological polar surface area (TPSA) is 73.7 Å². The van der Waals surface area contributed by atoms with Gasteiger partial charge in [0.15, 0.2) is 0 Å². The van der Waals surface area contributed by atoms with Crippen molar-refractivity contribution < 1.29 is 9.47 Å². The number of nitrogen functional groups attached to an aromatic ring is 2. The first-order valence-corrected chi connectivity index (χ1v) is 9.11. The van der Waals surface area contributed by atoms with Crippen LogP contribution < -0.4 is 20.9 Å². The second-order valence-electron chi connectivity index (χ2n) is 7.16. The molecule has 0 aliphatic rings. The zero-order valence-electron chi connectivity index (χ0n) is 16.4. The van der Waals surface area contributed by atoms with Gasteiger partial charge in [-0.2, -0.15) is 0 Å². The van der Waals surface area contributed by atoms with Gasteiger partial charge in [-0.1, -0.05) is 0 Å². The maximum Gasteiger partial charge on any atom is 0.129 e. The van der Waals surface area contributed by atoms with Gasteiger partial charge in [0.1, 0.15) is 23.9 Å². The van der Waals surface area contributed by atoms with Gasteiger partial charge in [0.2, 0.25) is 0 Å². The van der Waals surface area contributed by atoms with E-state index in [1.54, 1.807) is 18.2 Å². The first kappa shape index (κ1) is 19.9. The number of benzene rings is 2. The Kier molecular flexibility index (Phi) is 6.75. The van der Waals surface area contributed by atoms with Crippen molar-refractivity contribution in [3.8, 4) is 17.2 Å². The van der Waals surface area contributed by atoms with Crippen molar-refractivity contribution in [2.24, 2.45) is 0 Å². The highest BCUT2D eigenvalue weighted by Crippen LogP contribution is 2.27. The zero-order chi connectivity index (χ0) is 19.3. The van der Waals surface area contributed by atoms with Crippen LogP contribution in [0.5, 0.6) is 17.2 Å². The van der Waals surface area contributed by atoms with Crippen molar-refractivity contribution in [1.82, 2.24) is 4.90 Å². The fraction of sp³-hybridized carbons (Fsp3) is 0.429. The van der Waals surface area contributed by atoms with Crippen molar-refractivity contribution in [2.75, 3.05) is 18.1 Å². The highest BCUT2D eigenvalue weighted by Gasteiger charge is 2.20. The Balaban J connectivity index is 1.93. The van der Waals surface area contributed by atoms with E-state index in [4.69, 9.17) is 20.9 Å². The maximum absolute atomic E-state index is 5.96. The molecule has 5 nitrogen and oxygen atoms in total. The van der Waals surface area contributed by atoms with Gasteiger partial charge in [0.25, 0.3) is 0 Å². The van der Waals surface area contributed by atoms with E-state index in [2.05, 4.69) is 39.5 Å². The molecule has 0 radical (unpaired) electrons. The summed E-state index contributed by atoms with van der Waals surface area (Å²) < 4.78 is 11.8. The van der Waals surface area contributed by atoms with Gasteiger partial charge in [0.05, 0.1) is 11.4 Å². The SMILES string of the molecule is CC(C)N(C(C)C)C(C)COc1ccc(Oc2ccc(N)c(N)c2)cc1. The predicted octanol–water partition coefficient (Wildman–Crippen LogP) is 4.53. The predicted molar refractivity (Wildman–Crippen MR) is 109 cm³/mol. The average Bonchev–Trinajstić information content (AvgIpc) is 2.57. The van der Waals surface area contributed by atoms with Gasteiger partial charge in [-0.3, -0.25) is 4.90 Å². The van der Waals surface area contributed by atoms with Gasteiger partial charge in [-0.25, -0.2) is 0 Å². The zero-order valence-corrected chi connectivity index (χ0v) is 16.4. The van der Waals surface area contributed by atoms with Crippen molar-refractivity contribution in [3.05, 3.63) is 42.5 Å². The van der Waals surface area contributed by atoms with E-state index in [-0.39, 0.29) is 0 Å². The van der Waals surface area contributed by atoms with Crippen LogP contribution in [0.25, 0.3) is 0 Å². The van der Waals surface area contributed by atoms with Gasteiger partial charge in [-0.15, -0.1) is 0 Å². The number of rotatable bonds is 8. The third-order valence-corrected chi connectivity index (χ3v) is 4.31. The lowest BCUT2D eigenvalue weighted by Crippen LogP contribution is -2.46. The molecule has 0 amide bonds. The molecule has 0 aliphatic heterocycles. The molecule has 4 N–H and O–H groups in total. The van der Waals surface area contributed by atoms with Gasteiger partial charge >= 0.3 is 0 Å². The quantitative estimate of drug-likeness (QED) is 0.679. The van der Waals surface area contributed by atoms with Crippen molar-refractivity contribution in [3.63, 3.8) is 0 Å². The highest BCUT2D eigenvalue weighted by atomic mass is 16.5. The van der Waals surface area contributed by atoms with Crippen LogP contribution in [-0.4, -0.2) is 29.6 Å². The standard InChI is InChI=1S/C21H31N3O2/c1-14(2)24(15(3)4)16(5)13-25-17-6-8-18(9-7-17)26-19-10-11-20(22)21(23)12-19/h6-12,14-16H,13,22-23H2,1-5H3. The summed E-state index contributed by atoms with van der Waals surface area (Å²) in [6.07, 6.45) is 0. The van der Waals surface area contributed by atoms with E-state index in [0.29, 0.717) is 41.9 Å². The monoisotopic (exact) mass is 357 g/mol. The largest absolute Gasteiger partial charge is 0.492 e. The van der Waals surface area contributed by atoms with Crippen LogP contribution >= 0.6 is 0 Å². The van der Waals surface area contributed by atoms with Crippen LogP contribution in [0, 0.1) is 0 Å². The molecule has 0 heterocycles. The Morgan fingerprint density at radius 2 is 1.31 bits per heavy atom. The highest BCUT2D eigenvalue weighted by molar-refractivity contribution is 5.65. The van der Waals surface area contributed by atoms with Gasteiger partial charge in [0, 0.05) is 24.2 Å². The summed E-state index contributed by atoms with van der Waals surface area (Å²) in [5.41, 5.74) is 12.6. The molecule has 1 unspecified atom stereocenters. The molecule has 26 heavy (non-hydrogen) atoms. The first-order valence-electron chi connectivity index (χ1n) is 9.11. The molecule has 0 fully saturated rings. The molecule has 0 saturated carbocycles. The minimum Gasteiger partial charge on any atom is -0.492 e. The lowest BCUT2D eigenvalue weighted by molar-refractivity contribution is 0.0857. The van der Waals surface area contributed by atoms with Crippen molar-refractivity contribution >= 4 is 11.4 Å². The molecular formula is C21H31N3O2. The van der Waals surface area contributed by atoms with Crippen LogP contribution in [0.3, 0.4) is 0 Å². The summed E-state index contributed by atoms with van der Waals surface area (Å²) >= 11 is 0. The second kappa shape index (κ2) is 8.81. The first-order chi connectivity index (χ1) is 12.3. The van der Waals surface area contributed by atoms with Crippen LogP contribution in [-0.2, 0) is 0 Å². The summed E-state index contributed by atoms with van der Waals surface area (Å²) in [5.74, 6) is 2.21. The molecule has 0 spiro atoms. The summed E-state index contributed by atoms with van der Waals surface area (Å²) in [5, 5.41) is 0. The van der Waals surface area contributed by atoms with E-state index < -0.39 is 0 Å². The third-order valence-electron chi connectivity index (χ3n) is 4.31. The Hall–Kier alpha value is -2.40. The molecule has 2 rings (SSSR count). The van der Waals surface area contributed by atoms with E-state index in [1.165, 1.54) is 0 Å².